The number of methoxy groups -OCH3 is 1. The molecule has 2 saturated carbocycles. The first-order chi connectivity index (χ1) is 19.3. The summed E-state index contributed by atoms with van der Waals surface area (Å²) in [5.41, 5.74) is -2.07. The van der Waals surface area contributed by atoms with Crippen LogP contribution in [-0.2, 0) is 19.4 Å². The van der Waals surface area contributed by atoms with E-state index in [1.54, 1.807) is 0 Å². The number of sulfone groups is 1. The lowest BCUT2D eigenvalue weighted by atomic mass is 9.91. The van der Waals surface area contributed by atoms with Gasteiger partial charge in [0.05, 0.1) is 27.9 Å². The predicted molar refractivity (Wildman–Crippen MR) is 141 cm³/mol. The molecule has 41 heavy (non-hydrogen) atoms. The zero-order valence-corrected chi connectivity index (χ0v) is 23.3. The number of aliphatic hydroxyl groups is 1. The van der Waals surface area contributed by atoms with Crippen LogP contribution in [0.1, 0.15) is 36.0 Å². The molecule has 2 aromatic carbocycles. The Morgan fingerprint density at radius 3 is 2.44 bits per heavy atom. The monoisotopic (exact) mass is 617 g/mol. The van der Waals surface area contributed by atoms with Crippen LogP contribution in [-0.4, -0.2) is 62.5 Å². The van der Waals surface area contributed by atoms with Gasteiger partial charge in [-0.25, -0.2) is 26.4 Å². The number of fused-ring (bicyclic) bond motifs is 2. The first kappa shape index (κ1) is 30.6. The number of alkyl carbamates (subject to hydrolysis) is 1. The van der Waals surface area contributed by atoms with Gasteiger partial charge in [0.2, 0.25) is 5.91 Å². The molecule has 2 aliphatic rings. The summed E-state index contributed by atoms with van der Waals surface area (Å²) >= 11 is 6.23. The minimum absolute atomic E-state index is 0.00819. The van der Waals surface area contributed by atoms with Gasteiger partial charge in [-0.3, -0.25) is 9.59 Å². The highest BCUT2D eigenvalue weighted by molar-refractivity contribution is 7.92. The van der Waals surface area contributed by atoms with Gasteiger partial charge in [-0.1, -0.05) is 11.6 Å². The van der Waals surface area contributed by atoms with Crippen molar-refractivity contribution in [3.63, 3.8) is 0 Å². The van der Waals surface area contributed by atoms with Gasteiger partial charge in [-0.2, -0.15) is 0 Å². The Labute approximate surface area is 238 Å². The molecule has 0 aliphatic heterocycles. The molecule has 0 spiro atoms. The van der Waals surface area contributed by atoms with Crippen molar-refractivity contribution in [2.45, 2.75) is 41.4 Å². The normalized spacial score (nSPS) is 23.2. The van der Waals surface area contributed by atoms with Crippen LogP contribution in [0.2, 0.25) is 5.02 Å². The van der Waals surface area contributed by atoms with Crippen molar-refractivity contribution in [1.82, 2.24) is 10.6 Å². The summed E-state index contributed by atoms with van der Waals surface area (Å²) < 4.78 is 72.3. The number of nitrogens with one attached hydrogen (secondary N) is 3. The summed E-state index contributed by atoms with van der Waals surface area (Å²) in [5, 5.41) is 17.4. The van der Waals surface area contributed by atoms with Crippen molar-refractivity contribution >= 4 is 45.0 Å². The third kappa shape index (κ3) is 6.14. The summed E-state index contributed by atoms with van der Waals surface area (Å²) in [7, 11) is -3.02. The standard InChI is InChI=1S/C26H27ClF3N3O7S/c1-40-25(36)31-7-6-22(34)32-12-26(37)14-3-4-16(26)20(9-14)41(38,39)21-8-13(2-5-17(21)27)24(35)33-15-10-18(28)23(30)19(29)11-15/h2,5,8,10-11,14,16,20,37H,3-4,6-7,9,12H2,1H3,(H,31,36)(H,32,34)(H,33,35)/t14?,16?,20?,26-/m1/s1. The SMILES string of the molecule is COC(=O)NCCC(=O)NC[C@@]1(O)C2CCC1C(S(=O)(=O)c1cc(C(=O)Nc3cc(F)c(F)c(F)c3)ccc1Cl)C2. The van der Waals surface area contributed by atoms with E-state index < -0.39 is 67.9 Å². The van der Waals surface area contributed by atoms with Crippen molar-refractivity contribution in [1.29, 1.82) is 0 Å². The number of rotatable bonds is 9. The minimum Gasteiger partial charge on any atom is -0.453 e. The molecule has 15 heteroatoms. The molecule has 2 bridgehead atoms. The fraction of sp³-hybridized carbons (Fsp3) is 0.423. The summed E-state index contributed by atoms with van der Waals surface area (Å²) in [5.74, 6) is -7.27. The quantitative estimate of drug-likeness (QED) is 0.316. The molecule has 4 rings (SSSR count). The number of ether oxygens (including phenoxy) is 1. The molecule has 10 nitrogen and oxygen atoms in total. The molecule has 2 fully saturated rings. The van der Waals surface area contributed by atoms with Gasteiger partial charge in [0, 0.05) is 48.8 Å². The second kappa shape index (κ2) is 11.9. The van der Waals surface area contributed by atoms with Crippen LogP contribution in [0.4, 0.5) is 23.7 Å². The fourth-order valence-electron chi connectivity index (χ4n) is 5.61. The highest BCUT2D eigenvalue weighted by atomic mass is 35.5. The van der Waals surface area contributed by atoms with Crippen molar-refractivity contribution in [2.75, 3.05) is 25.5 Å². The van der Waals surface area contributed by atoms with E-state index in [1.165, 1.54) is 19.2 Å². The van der Waals surface area contributed by atoms with E-state index in [0.717, 1.165) is 6.07 Å². The molecule has 3 unspecified atom stereocenters. The molecular weight excluding hydrogens is 591 g/mol. The molecule has 0 aromatic heterocycles. The van der Waals surface area contributed by atoms with E-state index in [1.807, 2.05) is 0 Å². The number of carbonyl (C=O) groups is 3. The third-order valence-electron chi connectivity index (χ3n) is 7.66. The average Bonchev–Trinajstić information content (AvgIpc) is 3.40. The largest absolute Gasteiger partial charge is 0.453 e. The average molecular weight is 618 g/mol. The van der Waals surface area contributed by atoms with Crippen molar-refractivity contribution in [3.05, 3.63) is 58.4 Å². The maximum Gasteiger partial charge on any atom is 0.406 e. The molecule has 0 radical (unpaired) electrons. The van der Waals surface area contributed by atoms with E-state index in [2.05, 4.69) is 20.7 Å². The number of halogens is 4. The highest BCUT2D eigenvalue weighted by Crippen LogP contribution is 2.55. The Morgan fingerprint density at radius 1 is 1.10 bits per heavy atom. The van der Waals surface area contributed by atoms with Gasteiger partial charge in [-0.05, 0) is 43.4 Å². The van der Waals surface area contributed by atoms with Crippen LogP contribution in [0.25, 0.3) is 0 Å². The van der Waals surface area contributed by atoms with Gasteiger partial charge >= 0.3 is 6.09 Å². The van der Waals surface area contributed by atoms with Crippen molar-refractivity contribution in [2.24, 2.45) is 11.8 Å². The van der Waals surface area contributed by atoms with Crippen LogP contribution in [0.3, 0.4) is 0 Å². The Kier molecular flexibility index (Phi) is 8.85. The second-order valence-electron chi connectivity index (χ2n) is 9.99. The first-order valence-corrected chi connectivity index (χ1v) is 14.5. The van der Waals surface area contributed by atoms with Crippen molar-refractivity contribution in [3.8, 4) is 0 Å². The number of hydrogen-bond donors (Lipinski definition) is 4. The number of benzene rings is 2. The lowest BCUT2D eigenvalue weighted by Gasteiger charge is -2.30. The van der Waals surface area contributed by atoms with Gasteiger partial charge < -0.3 is 25.8 Å². The molecular formula is C26H27ClF3N3O7S. The molecule has 0 heterocycles. The number of hydrogen-bond acceptors (Lipinski definition) is 7. The Bertz CT molecular complexity index is 1470. The molecule has 4 N–H and O–H groups in total. The van der Waals surface area contributed by atoms with Gasteiger partial charge in [0.1, 0.15) is 0 Å². The third-order valence-corrected chi connectivity index (χ3v) is 10.4. The zero-order valence-electron chi connectivity index (χ0n) is 21.7. The summed E-state index contributed by atoms with van der Waals surface area (Å²) in [4.78, 5) is 35.7. The number of anilines is 1. The smallest absolute Gasteiger partial charge is 0.406 e. The first-order valence-electron chi connectivity index (χ1n) is 12.6. The Balaban J connectivity index is 1.49. The van der Waals surface area contributed by atoms with E-state index in [0.29, 0.717) is 25.0 Å². The topological polar surface area (TPSA) is 151 Å². The van der Waals surface area contributed by atoms with E-state index in [-0.39, 0.29) is 47.1 Å². The molecule has 222 valence electrons. The van der Waals surface area contributed by atoms with Gasteiger partial charge in [0.25, 0.3) is 5.91 Å². The van der Waals surface area contributed by atoms with Crippen LogP contribution < -0.4 is 16.0 Å². The van der Waals surface area contributed by atoms with Crippen LogP contribution >= 0.6 is 11.6 Å². The lowest BCUT2D eigenvalue weighted by molar-refractivity contribution is -0.122. The van der Waals surface area contributed by atoms with Crippen molar-refractivity contribution < 1.29 is 45.8 Å². The maximum absolute atomic E-state index is 13.8. The van der Waals surface area contributed by atoms with Crippen LogP contribution in [0.5, 0.6) is 0 Å². The van der Waals surface area contributed by atoms with Gasteiger partial charge in [-0.15, -0.1) is 0 Å². The summed E-state index contributed by atoms with van der Waals surface area (Å²) in [6, 6.07) is 4.60. The lowest BCUT2D eigenvalue weighted by Crippen LogP contribution is -2.48. The van der Waals surface area contributed by atoms with E-state index in [4.69, 9.17) is 11.6 Å². The summed E-state index contributed by atoms with van der Waals surface area (Å²) in [6.07, 6.45) is 0.253. The van der Waals surface area contributed by atoms with E-state index >= 15 is 0 Å². The maximum atomic E-state index is 13.8. The molecule has 2 aromatic rings. The Hall–Kier alpha value is -3.36. The fourth-order valence-corrected chi connectivity index (χ4v) is 8.30. The number of amides is 3. The number of carbonyl (C=O) groups excluding carboxylic acids is 3. The zero-order chi connectivity index (χ0) is 30.1. The summed E-state index contributed by atoms with van der Waals surface area (Å²) in [6.45, 7) is -0.180. The molecule has 3 amide bonds. The molecule has 2 aliphatic carbocycles. The van der Waals surface area contributed by atoms with Crippen LogP contribution in [0.15, 0.2) is 35.2 Å². The molecule has 4 atom stereocenters. The van der Waals surface area contributed by atoms with Crippen LogP contribution in [0, 0.1) is 29.3 Å². The second-order valence-corrected chi connectivity index (χ2v) is 12.5. The van der Waals surface area contributed by atoms with Gasteiger partial charge in [0.15, 0.2) is 27.3 Å². The predicted octanol–water partition coefficient (Wildman–Crippen LogP) is 3.18. The van der Waals surface area contributed by atoms with E-state index in [9.17, 15) is 41.1 Å². The Morgan fingerprint density at radius 2 is 1.78 bits per heavy atom. The minimum atomic E-state index is -4.20. The highest BCUT2D eigenvalue weighted by Gasteiger charge is 2.61. The molecule has 0 saturated heterocycles.